The van der Waals surface area contributed by atoms with Gasteiger partial charge in [0.05, 0.1) is 28.1 Å². The minimum absolute atomic E-state index is 0.0715. The Balaban J connectivity index is 2.27. The maximum atomic E-state index is 12.0. The number of amides is 1. The molecule has 2 rings (SSSR count). The highest BCUT2D eigenvalue weighted by atomic mass is 35.7. The molecule has 6 nitrogen and oxygen atoms in total. The van der Waals surface area contributed by atoms with Crippen LogP contribution in [0.3, 0.4) is 0 Å². The minimum Gasteiger partial charge on any atom is -0.330 e. The molecule has 0 fully saturated rings. The van der Waals surface area contributed by atoms with Gasteiger partial charge in [0.1, 0.15) is 5.69 Å². The van der Waals surface area contributed by atoms with Gasteiger partial charge < -0.3 is 9.88 Å². The predicted molar refractivity (Wildman–Crippen MR) is 75.7 cm³/mol. The first-order valence-electron chi connectivity index (χ1n) is 5.31. The number of aromatic nitrogens is 2. The first-order valence-corrected chi connectivity index (χ1v) is 7.99. The Morgan fingerprint density at radius 3 is 2.60 bits per heavy atom. The molecule has 1 heterocycles. The number of halogens is 2. The van der Waals surface area contributed by atoms with Crippen molar-refractivity contribution in [3.8, 4) is 0 Å². The molecule has 0 spiro atoms. The van der Waals surface area contributed by atoms with Gasteiger partial charge in [0.15, 0.2) is 0 Å². The average molecular weight is 334 g/mol. The molecule has 20 heavy (non-hydrogen) atoms. The Morgan fingerprint density at radius 1 is 1.40 bits per heavy atom. The molecular weight excluding hydrogens is 325 g/mol. The number of carbonyl (C=O) groups is 1. The predicted octanol–water partition coefficient (Wildman–Crippen LogP) is 2.25. The molecule has 9 heteroatoms. The summed E-state index contributed by atoms with van der Waals surface area (Å²) < 4.78 is 23.9. The van der Waals surface area contributed by atoms with Gasteiger partial charge in [0.2, 0.25) is 0 Å². The molecule has 0 aliphatic heterocycles. The maximum Gasteiger partial charge on any atom is 0.273 e. The monoisotopic (exact) mass is 333 g/mol. The summed E-state index contributed by atoms with van der Waals surface area (Å²) in [5.41, 5.74) is 0.622. The van der Waals surface area contributed by atoms with Gasteiger partial charge in [-0.3, -0.25) is 4.79 Å². The molecular formula is C11H9Cl2N3O3S. The zero-order valence-corrected chi connectivity index (χ0v) is 12.5. The van der Waals surface area contributed by atoms with Crippen LogP contribution in [0, 0.1) is 0 Å². The molecule has 1 aromatic heterocycles. The van der Waals surface area contributed by atoms with Gasteiger partial charge >= 0.3 is 0 Å². The lowest BCUT2D eigenvalue weighted by atomic mass is 10.3. The van der Waals surface area contributed by atoms with E-state index in [1.165, 1.54) is 30.7 Å². The summed E-state index contributed by atoms with van der Waals surface area (Å²) in [4.78, 5) is 15.6. The van der Waals surface area contributed by atoms with Gasteiger partial charge in [0, 0.05) is 17.7 Å². The Labute approximate surface area is 124 Å². The first kappa shape index (κ1) is 14.8. The van der Waals surface area contributed by atoms with Crippen molar-refractivity contribution in [2.75, 3.05) is 5.32 Å². The third-order valence-electron chi connectivity index (χ3n) is 2.52. The fraction of sp³-hybridized carbons (Fsp3) is 0.0909. The van der Waals surface area contributed by atoms with Crippen molar-refractivity contribution in [2.45, 2.75) is 4.90 Å². The van der Waals surface area contributed by atoms with Crippen LogP contribution in [-0.4, -0.2) is 23.9 Å². The number of carbonyl (C=O) groups excluding carboxylic acids is 1. The number of nitrogens with zero attached hydrogens (tertiary/aromatic N) is 2. The highest BCUT2D eigenvalue weighted by Crippen LogP contribution is 2.27. The second kappa shape index (κ2) is 5.43. The van der Waals surface area contributed by atoms with Gasteiger partial charge in [-0.1, -0.05) is 11.6 Å². The summed E-state index contributed by atoms with van der Waals surface area (Å²) in [6.45, 7) is 0. The van der Waals surface area contributed by atoms with Gasteiger partial charge in [-0.05, 0) is 18.2 Å². The Bertz CT molecular complexity index is 771. The maximum absolute atomic E-state index is 12.0. The van der Waals surface area contributed by atoms with E-state index >= 15 is 0 Å². The van der Waals surface area contributed by atoms with Crippen molar-refractivity contribution >= 4 is 42.9 Å². The SMILES string of the molecule is Cn1cncc1C(=O)Nc1ccc(S(=O)(=O)Cl)cc1Cl. The van der Waals surface area contributed by atoms with E-state index in [0.717, 1.165) is 0 Å². The van der Waals surface area contributed by atoms with Crippen LogP contribution in [0.5, 0.6) is 0 Å². The van der Waals surface area contributed by atoms with Crippen LogP contribution in [0.2, 0.25) is 5.02 Å². The summed E-state index contributed by atoms with van der Waals surface area (Å²) in [7, 11) is 3.02. The van der Waals surface area contributed by atoms with Gasteiger partial charge in [-0.25, -0.2) is 13.4 Å². The largest absolute Gasteiger partial charge is 0.330 e. The molecule has 0 saturated carbocycles. The van der Waals surface area contributed by atoms with Gasteiger partial charge in [0.25, 0.3) is 15.0 Å². The zero-order chi connectivity index (χ0) is 14.9. The first-order chi connectivity index (χ1) is 9.29. The Morgan fingerprint density at radius 2 is 2.10 bits per heavy atom. The smallest absolute Gasteiger partial charge is 0.273 e. The number of anilines is 1. The molecule has 0 aliphatic rings. The molecule has 0 atom stereocenters. The quantitative estimate of drug-likeness (QED) is 0.873. The van der Waals surface area contributed by atoms with E-state index in [1.54, 1.807) is 11.6 Å². The van der Waals surface area contributed by atoms with Gasteiger partial charge in [-0.15, -0.1) is 0 Å². The summed E-state index contributed by atoms with van der Waals surface area (Å²) in [5.74, 6) is -0.409. The second-order valence-corrected chi connectivity index (χ2v) is 6.90. The van der Waals surface area contributed by atoms with Crippen molar-refractivity contribution in [1.82, 2.24) is 9.55 Å². The number of rotatable bonds is 3. The van der Waals surface area contributed by atoms with E-state index in [0.29, 0.717) is 5.69 Å². The average Bonchev–Trinajstić information content (AvgIpc) is 2.76. The molecule has 0 saturated heterocycles. The highest BCUT2D eigenvalue weighted by Gasteiger charge is 2.15. The Kier molecular flexibility index (Phi) is 4.03. The van der Waals surface area contributed by atoms with Crippen molar-refractivity contribution in [2.24, 2.45) is 7.05 Å². The molecule has 0 bridgehead atoms. The molecule has 0 unspecified atom stereocenters. The summed E-state index contributed by atoms with van der Waals surface area (Å²) in [6.07, 6.45) is 2.89. The summed E-state index contributed by atoms with van der Waals surface area (Å²) in [6, 6.07) is 3.79. The molecule has 106 valence electrons. The van der Waals surface area contributed by atoms with E-state index < -0.39 is 15.0 Å². The third kappa shape index (κ3) is 3.12. The lowest BCUT2D eigenvalue weighted by Gasteiger charge is -2.08. The van der Waals surface area contributed by atoms with Crippen LogP contribution in [0.15, 0.2) is 35.6 Å². The molecule has 1 aromatic carbocycles. The lowest BCUT2D eigenvalue weighted by Crippen LogP contribution is -2.15. The lowest BCUT2D eigenvalue weighted by molar-refractivity contribution is 0.101. The zero-order valence-electron chi connectivity index (χ0n) is 10.2. The topological polar surface area (TPSA) is 81.1 Å². The van der Waals surface area contributed by atoms with E-state index in [9.17, 15) is 13.2 Å². The van der Waals surface area contributed by atoms with Crippen molar-refractivity contribution in [1.29, 1.82) is 0 Å². The molecule has 1 N–H and O–H groups in total. The minimum atomic E-state index is -3.86. The number of hydrogen-bond acceptors (Lipinski definition) is 4. The number of nitrogens with one attached hydrogen (secondary N) is 1. The molecule has 2 aromatic rings. The fourth-order valence-electron chi connectivity index (χ4n) is 1.51. The van der Waals surface area contributed by atoms with E-state index in [1.807, 2.05) is 0 Å². The van der Waals surface area contributed by atoms with Crippen LogP contribution < -0.4 is 5.32 Å². The molecule has 0 radical (unpaired) electrons. The second-order valence-electron chi connectivity index (χ2n) is 3.92. The molecule has 1 amide bonds. The van der Waals surface area contributed by atoms with Crippen LogP contribution in [0.1, 0.15) is 10.5 Å². The number of benzene rings is 1. The number of aryl methyl sites for hydroxylation is 1. The summed E-state index contributed by atoms with van der Waals surface area (Å²) in [5, 5.41) is 2.63. The van der Waals surface area contributed by atoms with Crippen LogP contribution >= 0.6 is 22.3 Å². The van der Waals surface area contributed by atoms with Crippen LogP contribution in [-0.2, 0) is 16.1 Å². The third-order valence-corrected chi connectivity index (χ3v) is 4.18. The van der Waals surface area contributed by atoms with Crippen LogP contribution in [0.25, 0.3) is 0 Å². The van der Waals surface area contributed by atoms with Gasteiger partial charge in [-0.2, -0.15) is 0 Å². The number of imidazole rings is 1. The summed E-state index contributed by atoms with van der Waals surface area (Å²) >= 11 is 5.92. The normalized spacial score (nSPS) is 11.3. The fourth-order valence-corrected chi connectivity index (χ4v) is 2.58. The van der Waals surface area contributed by atoms with E-state index in [4.69, 9.17) is 22.3 Å². The van der Waals surface area contributed by atoms with Crippen LogP contribution in [0.4, 0.5) is 5.69 Å². The van der Waals surface area contributed by atoms with Crippen molar-refractivity contribution in [3.63, 3.8) is 0 Å². The standard InChI is InChI=1S/C11H9Cl2N3O3S/c1-16-6-14-5-10(16)11(17)15-9-3-2-7(4-8(9)12)20(13,18)19/h2-6H,1H3,(H,15,17). The van der Waals surface area contributed by atoms with Crippen molar-refractivity contribution < 1.29 is 13.2 Å². The molecule has 0 aliphatic carbocycles. The van der Waals surface area contributed by atoms with E-state index in [-0.39, 0.29) is 15.6 Å². The number of hydrogen-bond donors (Lipinski definition) is 1. The Hall–Kier alpha value is -1.57. The van der Waals surface area contributed by atoms with Crippen molar-refractivity contribution in [3.05, 3.63) is 41.4 Å². The van der Waals surface area contributed by atoms with E-state index in [2.05, 4.69) is 10.3 Å². The highest BCUT2D eigenvalue weighted by molar-refractivity contribution is 8.13.